The van der Waals surface area contributed by atoms with Gasteiger partial charge in [0.05, 0.1) is 6.10 Å². The van der Waals surface area contributed by atoms with Gasteiger partial charge in [0.2, 0.25) is 12.7 Å². The van der Waals surface area contributed by atoms with Gasteiger partial charge in [0, 0.05) is 12.5 Å². The van der Waals surface area contributed by atoms with Gasteiger partial charge in [0.25, 0.3) is 0 Å². The minimum absolute atomic E-state index is 0.0627. The summed E-state index contributed by atoms with van der Waals surface area (Å²) in [4.78, 5) is 11.8. The molecule has 21 heavy (non-hydrogen) atoms. The number of rotatable bonds is 7. The predicted octanol–water partition coefficient (Wildman–Crippen LogP) is 2.39. The molecule has 1 heterocycles. The lowest BCUT2D eigenvalue weighted by molar-refractivity contribution is -0.125. The Kier molecular flexibility index (Phi) is 5.44. The number of benzene rings is 1. The molecule has 1 unspecified atom stereocenters. The molecule has 5 heteroatoms. The highest BCUT2D eigenvalue weighted by atomic mass is 16.7. The molecule has 0 bridgehead atoms. The molecule has 0 spiro atoms. The first-order chi connectivity index (χ1) is 10.2. The summed E-state index contributed by atoms with van der Waals surface area (Å²) in [6, 6.07) is 5.40. The molecule has 0 saturated heterocycles. The molecule has 1 aromatic carbocycles. The highest BCUT2D eigenvalue weighted by molar-refractivity contribution is 5.78. The molecule has 1 aromatic rings. The van der Waals surface area contributed by atoms with Crippen molar-refractivity contribution >= 4 is 5.91 Å². The van der Waals surface area contributed by atoms with Crippen molar-refractivity contribution in [2.24, 2.45) is 5.92 Å². The van der Waals surface area contributed by atoms with Gasteiger partial charge < -0.3 is 19.9 Å². The van der Waals surface area contributed by atoms with Gasteiger partial charge in [-0.25, -0.2) is 0 Å². The molecule has 1 aliphatic rings. The highest BCUT2D eigenvalue weighted by Crippen LogP contribution is 2.34. The number of ether oxygens (including phenoxy) is 2. The van der Waals surface area contributed by atoms with Gasteiger partial charge in [-0.2, -0.15) is 0 Å². The van der Waals surface area contributed by atoms with Crippen LogP contribution in [-0.2, 0) is 4.79 Å². The van der Waals surface area contributed by atoms with Gasteiger partial charge >= 0.3 is 0 Å². The van der Waals surface area contributed by atoms with Gasteiger partial charge in [-0.3, -0.25) is 4.79 Å². The second kappa shape index (κ2) is 7.31. The average Bonchev–Trinajstić information content (AvgIpc) is 2.95. The minimum atomic E-state index is -0.624. The van der Waals surface area contributed by atoms with Crippen LogP contribution in [0.15, 0.2) is 18.2 Å². The lowest BCUT2D eigenvalue weighted by Gasteiger charge is -2.15. The normalized spacial score (nSPS) is 14.3. The first-order valence-corrected chi connectivity index (χ1v) is 7.51. The molecule has 2 N–H and O–H groups in total. The SMILES string of the molecule is CCC(CC)C(=O)NCCC(O)c1ccc2c(c1)OCO2. The van der Waals surface area contributed by atoms with Crippen molar-refractivity contribution in [1.29, 1.82) is 0 Å². The molecule has 0 fully saturated rings. The zero-order chi connectivity index (χ0) is 15.2. The summed E-state index contributed by atoms with van der Waals surface area (Å²) in [7, 11) is 0. The third-order valence-electron chi connectivity index (χ3n) is 3.85. The van der Waals surface area contributed by atoms with E-state index in [0.29, 0.717) is 24.5 Å². The topological polar surface area (TPSA) is 67.8 Å². The summed E-state index contributed by atoms with van der Waals surface area (Å²) in [6.07, 6.45) is 1.53. The third-order valence-corrected chi connectivity index (χ3v) is 3.85. The summed E-state index contributed by atoms with van der Waals surface area (Å²) >= 11 is 0. The third kappa shape index (κ3) is 3.88. The van der Waals surface area contributed by atoms with Gasteiger partial charge in [-0.15, -0.1) is 0 Å². The van der Waals surface area contributed by atoms with Crippen molar-refractivity contribution in [2.45, 2.75) is 39.2 Å². The van der Waals surface area contributed by atoms with E-state index in [9.17, 15) is 9.90 Å². The zero-order valence-corrected chi connectivity index (χ0v) is 12.6. The Morgan fingerprint density at radius 3 is 2.71 bits per heavy atom. The molecule has 2 rings (SSSR count). The van der Waals surface area contributed by atoms with Crippen LogP contribution < -0.4 is 14.8 Å². The lowest BCUT2D eigenvalue weighted by atomic mass is 10.0. The summed E-state index contributed by atoms with van der Waals surface area (Å²) in [6.45, 7) is 4.70. The van der Waals surface area contributed by atoms with Crippen molar-refractivity contribution in [3.63, 3.8) is 0 Å². The van der Waals surface area contributed by atoms with E-state index >= 15 is 0 Å². The number of hydrogen-bond donors (Lipinski definition) is 2. The zero-order valence-electron chi connectivity index (χ0n) is 12.6. The van der Waals surface area contributed by atoms with Crippen molar-refractivity contribution in [1.82, 2.24) is 5.32 Å². The Morgan fingerprint density at radius 1 is 1.29 bits per heavy atom. The molecule has 1 amide bonds. The van der Waals surface area contributed by atoms with E-state index in [4.69, 9.17) is 9.47 Å². The number of carbonyl (C=O) groups excluding carboxylic acids is 1. The van der Waals surface area contributed by atoms with Gasteiger partial charge in [0.15, 0.2) is 11.5 Å². The Balaban J connectivity index is 1.82. The van der Waals surface area contributed by atoms with Crippen LogP contribution in [0.4, 0.5) is 0 Å². The smallest absolute Gasteiger partial charge is 0.231 e. The van der Waals surface area contributed by atoms with Crippen molar-refractivity contribution in [2.75, 3.05) is 13.3 Å². The maximum Gasteiger partial charge on any atom is 0.231 e. The second-order valence-corrected chi connectivity index (χ2v) is 5.22. The first-order valence-electron chi connectivity index (χ1n) is 7.51. The number of fused-ring (bicyclic) bond motifs is 1. The van der Waals surface area contributed by atoms with Gasteiger partial charge in [-0.05, 0) is 37.0 Å². The molecule has 0 saturated carbocycles. The quantitative estimate of drug-likeness (QED) is 0.810. The minimum Gasteiger partial charge on any atom is -0.454 e. The van der Waals surface area contributed by atoms with Crippen LogP contribution in [0.2, 0.25) is 0 Å². The predicted molar refractivity (Wildman–Crippen MR) is 79.2 cm³/mol. The first kappa shape index (κ1) is 15.6. The van der Waals surface area contributed by atoms with Crippen LogP contribution in [0.1, 0.15) is 44.8 Å². The summed E-state index contributed by atoms with van der Waals surface area (Å²) in [5.74, 6) is 1.49. The second-order valence-electron chi connectivity index (χ2n) is 5.22. The molecule has 1 aliphatic heterocycles. The average molecular weight is 293 g/mol. The number of aliphatic hydroxyl groups excluding tert-OH is 1. The van der Waals surface area contributed by atoms with E-state index < -0.39 is 6.10 Å². The van der Waals surface area contributed by atoms with Crippen LogP contribution in [0.3, 0.4) is 0 Å². The molecule has 0 aromatic heterocycles. The van der Waals surface area contributed by atoms with E-state index in [0.717, 1.165) is 18.4 Å². The van der Waals surface area contributed by atoms with Crippen molar-refractivity contribution in [3.05, 3.63) is 23.8 Å². The molecular weight excluding hydrogens is 270 g/mol. The van der Waals surface area contributed by atoms with Crippen LogP contribution in [0, 0.1) is 5.92 Å². The maximum absolute atomic E-state index is 11.8. The fourth-order valence-electron chi connectivity index (χ4n) is 2.42. The number of amides is 1. The Bertz CT molecular complexity index is 485. The van der Waals surface area contributed by atoms with Crippen LogP contribution in [0.25, 0.3) is 0 Å². The van der Waals surface area contributed by atoms with E-state index in [-0.39, 0.29) is 18.6 Å². The maximum atomic E-state index is 11.8. The van der Waals surface area contributed by atoms with E-state index in [1.807, 2.05) is 19.9 Å². The molecule has 5 nitrogen and oxygen atoms in total. The van der Waals surface area contributed by atoms with Crippen LogP contribution >= 0.6 is 0 Å². The van der Waals surface area contributed by atoms with E-state index in [1.165, 1.54) is 0 Å². The number of aliphatic hydroxyl groups is 1. The molecule has 0 radical (unpaired) electrons. The highest BCUT2D eigenvalue weighted by Gasteiger charge is 2.17. The van der Waals surface area contributed by atoms with E-state index in [1.54, 1.807) is 12.1 Å². The van der Waals surface area contributed by atoms with Crippen LogP contribution in [0.5, 0.6) is 11.5 Å². The van der Waals surface area contributed by atoms with Gasteiger partial charge in [0.1, 0.15) is 0 Å². The lowest BCUT2D eigenvalue weighted by Crippen LogP contribution is -2.31. The number of carbonyl (C=O) groups is 1. The molecule has 116 valence electrons. The van der Waals surface area contributed by atoms with E-state index in [2.05, 4.69) is 5.32 Å². The summed E-state index contributed by atoms with van der Waals surface area (Å²) < 4.78 is 10.5. The number of nitrogens with one attached hydrogen (secondary N) is 1. The molecule has 1 atom stereocenters. The van der Waals surface area contributed by atoms with Gasteiger partial charge in [-0.1, -0.05) is 19.9 Å². The number of hydrogen-bond acceptors (Lipinski definition) is 4. The summed E-state index contributed by atoms with van der Waals surface area (Å²) in [5, 5.41) is 13.1. The summed E-state index contributed by atoms with van der Waals surface area (Å²) in [5.41, 5.74) is 0.774. The molecular formula is C16H23NO4. The standard InChI is InChI=1S/C16H23NO4/c1-3-11(4-2)16(19)17-8-7-13(18)12-5-6-14-15(9-12)21-10-20-14/h5-6,9,11,13,18H,3-4,7-8,10H2,1-2H3,(H,17,19). The Morgan fingerprint density at radius 2 is 2.00 bits per heavy atom. The largest absolute Gasteiger partial charge is 0.454 e. The Labute approximate surface area is 125 Å². The Hall–Kier alpha value is -1.75. The monoisotopic (exact) mass is 293 g/mol. The fourth-order valence-corrected chi connectivity index (χ4v) is 2.42. The van der Waals surface area contributed by atoms with Crippen molar-refractivity contribution < 1.29 is 19.4 Å². The fraction of sp³-hybridized carbons (Fsp3) is 0.562. The van der Waals surface area contributed by atoms with Crippen molar-refractivity contribution in [3.8, 4) is 11.5 Å². The molecule has 0 aliphatic carbocycles. The van der Waals surface area contributed by atoms with Crippen LogP contribution in [-0.4, -0.2) is 24.4 Å².